The van der Waals surface area contributed by atoms with E-state index in [1.54, 1.807) is 0 Å². The van der Waals surface area contributed by atoms with Crippen molar-refractivity contribution in [3.05, 3.63) is 35.9 Å². The van der Waals surface area contributed by atoms with Crippen molar-refractivity contribution < 1.29 is 4.79 Å². The van der Waals surface area contributed by atoms with Gasteiger partial charge in [0.2, 0.25) is 5.91 Å². The summed E-state index contributed by atoms with van der Waals surface area (Å²) in [5, 5.41) is 3.65. The number of nitrogens with zero attached hydrogens (tertiary/aromatic N) is 1. The van der Waals surface area contributed by atoms with Crippen molar-refractivity contribution in [2.24, 2.45) is 5.92 Å². The molecule has 2 bridgehead atoms. The average Bonchev–Trinajstić information content (AvgIpc) is 2.85. The number of hydrogen-bond donors (Lipinski definition) is 1. The van der Waals surface area contributed by atoms with Gasteiger partial charge in [-0.1, -0.05) is 30.3 Å². The summed E-state index contributed by atoms with van der Waals surface area (Å²) in [7, 11) is 1.94. The number of nitrogens with one attached hydrogen (secondary N) is 1. The van der Waals surface area contributed by atoms with Crippen LogP contribution in [0.2, 0.25) is 0 Å². The third-order valence-electron chi connectivity index (χ3n) is 5.29. The van der Waals surface area contributed by atoms with Gasteiger partial charge in [-0.05, 0) is 44.1 Å². The van der Waals surface area contributed by atoms with E-state index < -0.39 is 0 Å². The Hall–Kier alpha value is -1.35. The average molecular weight is 286 g/mol. The molecule has 2 aliphatic heterocycles. The fraction of sp³-hybridized carbons (Fsp3) is 0.611. The third-order valence-corrected chi connectivity index (χ3v) is 5.29. The van der Waals surface area contributed by atoms with Crippen LogP contribution in [0.25, 0.3) is 0 Å². The monoisotopic (exact) mass is 286 g/mol. The normalized spacial score (nSPS) is 29.1. The molecular weight excluding hydrogens is 260 g/mol. The minimum Gasteiger partial charge on any atom is -0.339 e. The highest BCUT2D eigenvalue weighted by Gasteiger charge is 2.34. The van der Waals surface area contributed by atoms with Crippen LogP contribution in [0.1, 0.15) is 50.6 Å². The molecule has 0 spiro atoms. The Morgan fingerprint density at radius 1 is 1.24 bits per heavy atom. The molecule has 1 amide bonds. The molecule has 0 radical (unpaired) electrons. The maximum absolute atomic E-state index is 12.6. The smallest absolute Gasteiger partial charge is 0.223 e. The standard InChI is InChI=1S/C18H26N2O/c1-13(15-6-4-3-5-7-15)20(2)18(21)12-14-10-16-8-9-17(11-14)19-16/h3-7,13-14,16-17,19H,8-12H2,1-2H3. The lowest BCUT2D eigenvalue weighted by Crippen LogP contribution is -2.40. The van der Waals surface area contributed by atoms with Gasteiger partial charge in [-0.25, -0.2) is 0 Å². The van der Waals surface area contributed by atoms with E-state index in [2.05, 4.69) is 24.4 Å². The van der Waals surface area contributed by atoms with Crippen LogP contribution in [0, 0.1) is 5.92 Å². The Bertz CT molecular complexity index is 475. The molecule has 2 saturated heterocycles. The second kappa shape index (κ2) is 6.18. The number of rotatable bonds is 4. The van der Waals surface area contributed by atoms with E-state index in [4.69, 9.17) is 0 Å². The predicted octanol–water partition coefficient (Wildman–Crippen LogP) is 3.13. The van der Waals surface area contributed by atoms with Crippen LogP contribution in [0.4, 0.5) is 0 Å². The summed E-state index contributed by atoms with van der Waals surface area (Å²) in [6.07, 6.45) is 5.66. The van der Waals surface area contributed by atoms with E-state index in [0.29, 0.717) is 24.4 Å². The lowest BCUT2D eigenvalue weighted by atomic mass is 9.89. The second-order valence-corrected chi connectivity index (χ2v) is 6.77. The molecule has 3 atom stereocenters. The van der Waals surface area contributed by atoms with Crippen LogP contribution >= 0.6 is 0 Å². The minimum absolute atomic E-state index is 0.150. The Kier molecular flexibility index (Phi) is 4.29. The Labute approximate surface area is 127 Å². The molecule has 3 heteroatoms. The highest BCUT2D eigenvalue weighted by atomic mass is 16.2. The fourth-order valence-electron chi connectivity index (χ4n) is 3.90. The number of piperidine rings is 1. The van der Waals surface area contributed by atoms with Crippen molar-refractivity contribution in [1.29, 1.82) is 0 Å². The van der Waals surface area contributed by atoms with Gasteiger partial charge in [-0.3, -0.25) is 4.79 Å². The van der Waals surface area contributed by atoms with Gasteiger partial charge in [-0.2, -0.15) is 0 Å². The third kappa shape index (κ3) is 3.29. The molecule has 1 aromatic carbocycles. The van der Waals surface area contributed by atoms with Crippen LogP contribution < -0.4 is 5.32 Å². The number of amides is 1. The Morgan fingerprint density at radius 3 is 2.48 bits per heavy atom. The fourth-order valence-corrected chi connectivity index (χ4v) is 3.90. The van der Waals surface area contributed by atoms with Gasteiger partial charge < -0.3 is 10.2 Å². The number of carbonyl (C=O) groups excluding carboxylic acids is 1. The van der Waals surface area contributed by atoms with Crippen molar-refractivity contribution in [2.45, 2.75) is 57.2 Å². The van der Waals surface area contributed by atoms with Crippen molar-refractivity contribution in [2.75, 3.05) is 7.05 Å². The van der Waals surface area contributed by atoms with Crippen LogP contribution in [-0.4, -0.2) is 29.9 Å². The van der Waals surface area contributed by atoms with Gasteiger partial charge in [0.1, 0.15) is 0 Å². The summed E-state index contributed by atoms with van der Waals surface area (Å²) in [6.45, 7) is 2.11. The molecular formula is C18H26N2O. The predicted molar refractivity (Wildman–Crippen MR) is 84.9 cm³/mol. The first-order valence-electron chi connectivity index (χ1n) is 8.20. The van der Waals surface area contributed by atoms with Gasteiger partial charge in [-0.15, -0.1) is 0 Å². The summed E-state index contributed by atoms with van der Waals surface area (Å²) >= 11 is 0. The maximum atomic E-state index is 12.6. The summed E-state index contributed by atoms with van der Waals surface area (Å²) in [4.78, 5) is 14.5. The summed E-state index contributed by atoms with van der Waals surface area (Å²) in [5.74, 6) is 0.860. The zero-order chi connectivity index (χ0) is 14.8. The second-order valence-electron chi connectivity index (χ2n) is 6.77. The van der Waals surface area contributed by atoms with E-state index in [1.165, 1.54) is 31.2 Å². The molecule has 0 aliphatic carbocycles. The van der Waals surface area contributed by atoms with Gasteiger partial charge in [0.15, 0.2) is 0 Å². The molecule has 0 aromatic heterocycles. The van der Waals surface area contributed by atoms with E-state index in [-0.39, 0.29) is 11.9 Å². The molecule has 1 N–H and O–H groups in total. The van der Waals surface area contributed by atoms with Crippen molar-refractivity contribution >= 4 is 5.91 Å². The summed E-state index contributed by atoms with van der Waals surface area (Å²) < 4.78 is 0. The molecule has 0 saturated carbocycles. The quantitative estimate of drug-likeness (QED) is 0.922. The SMILES string of the molecule is CC(c1ccccc1)N(C)C(=O)CC1CC2CCC(C1)N2. The van der Waals surface area contributed by atoms with Gasteiger partial charge >= 0.3 is 0 Å². The van der Waals surface area contributed by atoms with E-state index >= 15 is 0 Å². The summed E-state index contributed by atoms with van der Waals surface area (Å²) in [5.41, 5.74) is 1.21. The van der Waals surface area contributed by atoms with Crippen LogP contribution in [0.3, 0.4) is 0 Å². The van der Waals surface area contributed by atoms with Gasteiger partial charge in [0.25, 0.3) is 0 Å². The number of hydrogen-bond acceptors (Lipinski definition) is 2. The highest BCUT2D eigenvalue weighted by molar-refractivity contribution is 5.76. The molecule has 3 nitrogen and oxygen atoms in total. The largest absolute Gasteiger partial charge is 0.339 e. The first-order chi connectivity index (χ1) is 10.1. The lowest BCUT2D eigenvalue weighted by molar-refractivity contribution is -0.133. The first-order valence-corrected chi connectivity index (χ1v) is 8.20. The number of fused-ring (bicyclic) bond motifs is 2. The first kappa shape index (κ1) is 14.6. The number of carbonyl (C=O) groups is 1. The van der Waals surface area contributed by atoms with Gasteiger partial charge in [0.05, 0.1) is 6.04 Å². The zero-order valence-electron chi connectivity index (χ0n) is 13.1. The van der Waals surface area contributed by atoms with E-state index in [9.17, 15) is 4.79 Å². The molecule has 21 heavy (non-hydrogen) atoms. The summed E-state index contributed by atoms with van der Waals surface area (Å²) in [6, 6.07) is 11.8. The van der Waals surface area contributed by atoms with Crippen LogP contribution in [0.15, 0.2) is 30.3 Å². The molecule has 2 heterocycles. The molecule has 2 aliphatic rings. The van der Waals surface area contributed by atoms with E-state index in [1.807, 2.05) is 30.1 Å². The topological polar surface area (TPSA) is 32.3 Å². The lowest BCUT2D eigenvalue weighted by Gasteiger charge is -2.31. The number of benzene rings is 1. The Balaban J connectivity index is 1.57. The Morgan fingerprint density at radius 2 is 1.86 bits per heavy atom. The molecule has 1 aromatic rings. The molecule has 3 rings (SSSR count). The van der Waals surface area contributed by atoms with E-state index in [0.717, 1.165) is 0 Å². The molecule has 114 valence electrons. The highest BCUT2D eigenvalue weighted by Crippen LogP contribution is 2.33. The van der Waals surface area contributed by atoms with Gasteiger partial charge in [0, 0.05) is 25.6 Å². The van der Waals surface area contributed by atoms with Crippen LogP contribution in [-0.2, 0) is 4.79 Å². The molecule has 2 fully saturated rings. The minimum atomic E-state index is 0.150. The maximum Gasteiger partial charge on any atom is 0.223 e. The molecule has 3 unspecified atom stereocenters. The zero-order valence-corrected chi connectivity index (χ0v) is 13.1. The van der Waals surface area contributed by atoms with Crippen molar-refractivity contribution in [3.8, 4) is 0 Å². The van der Waals surface area contributed by atoms with Crippen LogP contribution in [0.5, 0.6) is 0 Å². The van der Waals surface area contributed by atoms with Crippen molar-refractivity contribution in [1.82, 2.24) is 10.2 Å². The van der Waals surface area contributed by atoms with Crippen molar-refractivity contribution in [3.63, 3.8) is 0 Å².